The molecule has 2 aromatic rings. The molecule has 0 aliphatic heterocycles. The molecular weight excluding hydrogens is 256 g/mol. The predicted octanol–water partition coefficient (Wildman–Crippen LogP) is 3.82. The summed E-state index contributed by atoms with van der Waals surface area (Å²) in [5.74, 6) is 0.678. The van der Waals surface area contributed by atoms with E-state index in [2.05, 4.69) is 10.3 Å². The van der Waals surface area contributed by atoms with Gasteiger partial charge in [0.05, 0.1) is 17.8 Å². The predicted molar refractivity (Wildman–Crippen MR) is 73.4 cm³/mol. The van der Waals surface area contributed by atoms with Gasteiger partial charge in [0.25, 0.3) is 0 Å². The van der Waals surface area contributed by atoms with E-state index in [0.29, 0.717) is 10.8 Å². The molecule has 0 spiro atoms. The van der Waals surface area contributed by atoms with Crippen LogP contribution in [0.25, 0.3) is 10.6 Å². The van der Waals surface area contributed by atoms with Crippen LogP contribution in [0.3, 0.4) is 0 Å². The Balaban J connectivity index is 2.42. The highest BCUT2D eigenvalue weighted by molar-refractivity contribution is 7.19. The van der Waals surface area contributed by atoms with Crippen molar-refractivity contribution in [3.05, 3.63) is 28.9 Å². The molecule has 0 aliphatic carbocycles. The fourth-order valence-corrected chi connectivity index (χ4v) is 2.73. The summed E-state index contributed by atoms with van der Waals surface area (Å²) < 4.78 is 5.12. The molecule has 2 rings (SSSR count). The minimum absolute atomic E-state index is 0.601. The summed E-state index contributed by atoms with van der Waals surface area (Å²) in [7, 11) is 3.50. The lowest BCUT2D eigenvalue weighted by Gasteiger charge is -2.03. The summed E-state index contributed by atoms with van der Waals surface area (Å²) >= 11 is 7.71. The lowest BCUT2D eigenvalue weighted by molar-refractivity contribution is 0.415. The van der Waals surface area contributed by atoms with Crippen LogP contribution in [-0.4, -0.2) is 19.1 Å². The van der Waals surface area contributed by atoms with Crippen LogP contribution in [0.1, 0.15) is 5.69 Å². The second-order valence-electron chi connectivity index (χ2n) is 3.53. The third kappa shape index (κ3) is 2.37. The number of nitrogens with zero attached hydrogens (tertiary/aromatic N) is 1. The van der Waals surface area contributed by atoms with Crippen LogP contribution in [-0.2, 0) is 0 Å². The molecule has 0 amide bonds. The number of aromatic nitrogens is 1. The second kappa shape index (κ2) is 4.94. The largest absolute Gasteiger partial charge is 0.495 e. The van der Waals surface area contributed by atoms with E-state index in [1.807, 2.05) is 32.2 Å². The maximum Gasteiger partial charge on any atom is 0.137 e. The Morgan fingerprint density at radius 3 is 2.71 bits per heavy atom. The number of methoxy groups -OCH3 is 1. The minimum Gasteiger partial charge on any atom is -0.495 e. The van der Waals surface area contributed by atoms with Gasteiger partial charge in [0.1, 0.15) is 15.8 Å². The van der Waals surface area contributed by atoms with E-state index in [1.54, 1.807) is 18.4 Å². The van der Waals surface area contributed by atoms with Gasteiger partial charge in [-0.1, -0.05) is 22.9 Å². The molecule has 1 aromatic carbocycles. The molecular formula is C12H13ClN2OS. The minimum atomic E-state index is 0.601. The summed E-state index contributed by atoms with van der Waals surface area (Å²) in [5, 5.41) is 5.75. The first-order valence-corrected chi connectivity index (χ1v) is 6.34. The standard InChI is InChI=1S/C12H13ClN2OS/c1-7-11(14-2)17-12(15-7)8-4-5-10(16-3)9(13)6-8/h4-6,14H,1-3H3. The van der Waals surface area contributed by atoms with Gasteiger partial charge in [-0.05, 0) is 25.1 Å². The first-order valence-electron chi connectivity index (χ1n) is 5.14. The lowest BCUT2D eigenvalue weighted by atomic mass is 10.2. The molecule has 0 aliphatic rings. The maximum absolute atomic E-state index is 6.10. The Bertz CT molecular complexity index is 539. The average molecular weight is 269 g/mol. The normalized spacial score (nSPS) is 10.4. The van der Waals surface area contributed by atoms with Crippen LogP contribution in [0, 0.1) is 6.92 Å². The Labute approximate surface area is 109 Å². The Hall–Kier alpha value is -1.26. The number of hydrogen-bond donors (Lipinski definition) is 1. The molecule has 1 N–H and O–H groups in total. The number of nitrogens with one attached hydrogen (secondary N) is 1. The molecule has 0 bridgehead atoms. The zero-order valence-corrected chi connectivity index (χ0v) is 11.4. The van der Waals surface area contributed by atoms with E-state index in [4.69, 9.17) is 16.3 Å². The number of aryl methyl sites for hydroxylation is 1. The number of ether oxygens (including phenoxy) is 1. The van der Waals surface area contributed by atoms with Crippen LogP contribution in [0.2, 0.25) is 5.02 Å². The van der Waals surface area contributed by atoms with Crippen molar-refractivity contribution in [1.82, 2.24) is 4.98 Å². The van der Waals surface area contributed by atoms with Crippen molar-refractivity contribution in [3.63, 3.8) is 0 Å². The molecule has 17 heavy (non-hydrogen) atoms. The fraction of sp³-hybridized carbons (Fsp3) is 0.250. The summed E-state index contributed by atoms with van der Waals surface area (Å²) in [6.07, 6.45) is 0. The van der Waals surface area contributed by atoms with Gasteiger partial charge >= 0.3 is 0 Å². The van der Waals surface area contributed by atoms with E-state index in [0.717, 1.165) is 21.3 Å². The van der Waals surface area contributed by atoms with E-state index in [-0.39, 0.29) is 0 Å². The van der Waals surface area contributed by atoms with E-state index in [9.17, 15) is 0 Å². The molecule has 5 heteroatoms. The summed E-state index contributed by atoms with van der Waals surface area (Å²) in [5.41, 5.74) is 2.00. The van der Waals surface area contributed by atoms with Crippen molar-refractivity contribution in [2.75, 3.05) is 19.5 Å². The molecule has 1 heterocycles. The Morgan fingerprint density at radius 2 is 2.18 bits per heavy atom. The topological polar surface area (TPSA) is 34.1 Å². The molecule has 0 saturated heterocycles. The average Bonchev–Trinajstić information content (AvgIpc) is 2.70. The van der Waals surface area contributed by atoms with Crippen LogP contribution in [0.15, 0.2) is 18.2 Å². The van der Waals surface area contributed by atoms with Gasteiger partial charge in [0.15, 0.2) is 0 Å². The van der Waals surface area contributed by atoms with Crippen molar-refractivity contribution in [2.45, 2.75) is 6.92 Å². The summed E-state index contributed by atoms with van der Waals surface area (Å²) in [6, 6.07) is 5.69. The lowest BCUT2D eigenvalue weighted by Crippen LogP contribution is -1.85. The number of benzene rings is 1. The smallest absolute Gasteiger partial charge is 0.137 e. The number of rotatable bonds is 3. The van der Waals surface area contributed by atoms with Crippen LogP contribution in [0.5, 0.6) is 5.75 Å². The van der Waals surface area contributed by atoms with Gasteiger partial charge in [0.2, 0.25) is 0 Å². The van der Waals surface area contributed by atoms with Crippen molar-refractivity contribution in [1.29, 1.82) is 0 Å². The van der Waals surface area contributed by atoms with Gasteiger partial charge in [-0.2, -0.15) is 0 Å². The molecule has 3 nitrogen and oxygen atoms in total. The molecule has 1 aromatic heterocycles. The van der Waals surface area contributed by atoms with Crippen molar-refractivity contribution in [2.24, 2.45) is 0 Å². The fourth-order valence-electron chi connectivity index (χ4n) is 1.55. The highest BCUT2D eigenvalue weighted by Gasteiger charge is 2.10. The number of halogens is 1. The SMILES string of the molecule is CNc1sc(-c2ccc(OC)c(Cl)c2)nc1C. The third-order valence-electron chi connectivity index (χ3n) is 2.42. The Kier molecular flexibility index (Phi) is 3.54. The number of hydrogen-bond acceptors (Lipinski definition) is 4. The van der Waals surface area contributed by atoms with Gasteiger partial charge in [-0.3, -0.25) is 0 Å². The van der Waals surface area contributed by atoms with E-state index in [1.165, 1.54) is 0 Å². The van der Waals surface area contributed by atoms with Crippen molar-refractivity contribution >= 4 is 27.9 Å². The zero-order chi connectivity index (χ0) is 12.4. The maximum atomic E-state index is 6.10. The monoisotopic (exact) mass is 268 g/mol. The quantitative estimate of drug-likeness (QED) is 0.919. The van der Waals surface area contributed by atoms with Gasteiger partial charge in [-0.25, -0.2) is 4.98 Å². The van der Waals surface area contributed by atoms with Gasteiger partial charge in [-0.15, -0.1) is 0 Å². The van der Waals surface area contributed by atoms with Crippen molar-refractivity contribution < 1.29 is 4.74 Å². The number of thiazole rings is 1. The third-order valence-corrected chi connectivity index (χ3v) is 3.94. The molecule has 90 valence electrons. The zero-order valence-electron chi connectivity index (χ0n) is 9.87. The summed E-state index contributed by atoms with van der Waals surface area (Å²) in [6.45, 7) is 1.98. The molecule has 0 radical (unpaired) electrons. The summed E-state index contributed by atoms with van der Waals surface area (Å²) in [4.78, 5) is 4.50. The Morgan fingerprint density at radius 1 is 1.41 bits per heavy atom. The first kappa shape index (κ1) is 12.2. The molecule has 0 unspecified atom stereocenters. The van der Waals surface area contributed by atoms with Gasteiger partial charge < -0.3 is 10.1 Å². The van der Waals surface area contributed by atoms with Crippen LogP contribution >= 0.6 is 22.9 Å². The first-order chi connectivity index (χ1) is 8.15. The molecule has 0 fully saturated rings. The van der Waals surface area contributed by atoms with Crippen molar-refractivity contribution in [3.8, 4) is 16.3 Å². The van der Waals surface area contributed by atoms with E-state index >= 15 is 0 Å². The highest BCUT2D eigenvalue weighted by atomic mass is 35.5. The number of anilines is 1. The second-order valence-corrected chi connectivity index (χ2v) is 4.94. The van der Waals surface area contributed by atoms with Crippen LogP contribution in [0.4, 0.5) is 5.00 Å². The highest BCUT2D eigenvalue weighted by Crippen LogP contribution is 2.35. The van der Waals surface area contributed by atoms with Crippen LogP contribution < -0.4 is 10.1 Å². The molecule has 0 saturated carbocycles. The van der Waals surface area contributed by atoms with Gasteiger partial charge in [0, 0.05) is 12.6 Å². The van der Waals surface area contributed by atoms with E-state index < -0.39 is 0 Å². The molecule has 0 atom stereocenters.